The summed E-state index contributed by atoms with van der Waals surface area (Å²) in [6.45, 7) is 6.08. The quantitative estimate of drug-likeness (QED) is 0.347. The van der Waals surface area contributed by atoms with Gasteiger partial charge in [-0.2, -0.15) is 13.2 Å². The van der Waals surface area contributed by atoms with E-state index in [9.17, 15) is 22.8 Å². The molecule has 9 heteroatoms. The van der Waals surface area contributed by atoms with Gasteiger partial charge in [-0.15, -0.1) is 0 Å². The molecular weight excluding hydrogens is 525 g/mol. The molecule has 0 aliphatic heterocycles. The van der Waals surface area contributed by atoms with Crippen molar-refractivity contribution in [2.75, 3.05) is 17.2 Å². The minimum Gasteiger partial charge on any atom is -0.483 e. The van der Waals surface area contributed by atoms with Crippen molar-refractivity contribution in [1.29, 1.82) is 0 Å². The molecule has 0 saturated carbocycles. The van der Waals surface area contributed by atoms with E-state index < -0.39 is 23.6 Å². The van der Waals surface area contributed by atoms with E-state index in [1.165, 1.54) is 36.4 Å². The second-order valence-corrected chi connectivity index (χ2v) is 9.70. The number of nitrogens with one attached hydrogen (secondary N) is 2. The Morgan fingerprint density at radius 3 is 2.14 bits per heavy atom. The van der Waals surface area contributed by atoms with Crippen molar-refractivity contribution < 1.29 is 27.5 Å². The predicted octanol–water partition coefficient (Wildman–Crippen LogP) is 7.04. The maximum Gasteiger partial charge on any atom is 0.416 e. The first-order valence-electron chi connectivity index (χ1n) is 10.6. The number of hydrogen-bond donors (Lipinski definition) is 2. The largest absolute Gasteiger partial charge is 0.483 e. The summed E-state index contributed by atoms with van der Waals surface area (Å²) < 4.78 is 44.9. The Hall–Kier alpha value is -3.33. The Morgan fingerprint density at radius 2 is 1.54 bits per heavy atom. The molecule has 0 radical (unpaired) electrons. The van der Waals surface area contributed by atoms with Gasteiger partial charge in [-0.3, -0.25) is 9.59 Å². The van der Waals surface area contributed by atoms with E-state index in [1.54, 1.807) is 6.07 Å². The number of carbonyl (C=O) groups is 2. The Kier molecular flexibility index (Phi) is 7.90. The van der Waals surface area contributed by atoms with Crippen LogP contribution in [0.4, 0.5) is 24.5 Å². The maximum absolute atomic E-state index is 12.8. The second-order valence-electron chi connectivity index (χ2n) is 8.84. The molecule has 0 aliphatic rings. The third-order valence-corrected chi connectivity index (χ3v) is 5.65. The maximum atomic E-state index is 12.8. The van der Waals surface area contributed by atoms with Crippen molar-refractivity contribution in [2.45, 2.75) is 32.4 Å². The third kappa shape index (κ3) is 7.32. The van der Waals surface area contributed by atoms with Gasteiger partial charge in [-0.1, -0.05) is 32.9 Å². The Balaban J connectivity index is 1.55. The third-order valence-electron chi connectivity index (χ3n) is 5.04. The number of alkyl halides is 3. The fourth-order valence-corrected chi connectivity index (χ4v) is 3.60. The van der Waals surface area contributed by atoms with E-state index in [4.69, 9.17) is 4.74 Å². The lowest BCUT2D eigenvalue weighted by molar-refractivity contribution is -0.137. The van der Waals surface area contributed by atoms with Crippen LogP contribution >= 0.6 is 15.9 Å². The number of amides is 2. The Bertz CT molecular complexity index is 1220. The fraction of sp³-hybridized carbons (Fsp3) is 0.231. The molecular formula is C26H24BrF3N2O3. The summed E-state index contributed by atoms with van der Waals surface area (Å²) in [7, 11) is 0. The van der Waals surface area contributed by atoms with Crippen LogP contribution in [0, 0.1) is 0 Å². The summed E-state index contributed by atoms with van der Waals surface area (Å²) in [5, 5.41) is 5.11. The first-order valence-corrected chi connectivity index (χ1v) is 11.4. The summed E-state index contributed by atoms with van der Waals surface area (Å²) >= 11 is 3.46. The van der Waals surface area contributed by atoms with Crippen LogP contribution in [-0.4, -0.2) is 18.4 Å². The van der Waals surface area contributed by atoms with Gasteiger partial charge in [0.05, 0.1) is 10.0 Å². The van der Waals surface area contributed by atoms with Crippen LogP contribution in [-0.2, 0) is 16.4 Å². The highest BCUT2D eigenvalue weighted by Crippen LogP contribution is 2.32. The molecule has 35 heavy (non-hydrogen) atoms. The van der Waals surface area contributed by atoms with Crippen molar-refractivity contribution in [3.63, 3.8) is 0 Å². The SMILES string of the molecule is CC(C)(C)c1ccc(OCC(=O)Nc2ccc(C(=O)Nc3cccc(C(F)(F)F)c3)cc2)c(Br)c1. The summed E-state index contributed by atoms with van der Waals surface area (Å²) in [5.41, 5.74) is 0.942. The summed E-state index contributed by atoms with van der Waals surface area (Å²) in [6, 6.07) is 16.0. The highest BCUT2D eigenvalue weighted by Gasteiger charge is 2.30. The van der Waals surface area contributed by atoms with Gasteiger partial charge in [0.1, 0.15) is 5.75 Å². The second kappa shape index (κ2) is 10.5. The molecule has 0 saturated heterocycles. The number of benzene rings is 3. The molecule has 0 unspecified atom stereocenters. The molecule has 2 N–H and O–H groups in total. The number of carbonyl (C=O) groups excluding carboxylic acids is 2. The lowest BCUT2D eigenvalue weighted by Crippen LogP contribution is -2.20. The molecule has 2 amide bonds. The molecule has 0 heterocycles. The molecule has 0 fully saturated rings. The normalized spacial score (nSPS) is 11.6. The summed E-state index contributed by atoms with van der Waals surface area (Å²) in [6.07, 6.45) is -4.50. The molecule has 3 aromatic carbocycles. The topological polar surface area (TPSA) is 67.4 Å². The predicted molar refractivity (Wildman–Crippen MR) is 133 cm³/mol. The van der Waals surface area contributed by atoms with Gasteiger partial charge in [-0.25, -0.2) is 0 Å². The smallest absolute Gasteiger partial charge is 0.416 e. The monoisotopic (exact) mass is 548 g/mol. The lowest BCUT2D eigenvalue weighted by atomic mass is 9.87. The van der Waals surface area contributed by atoms with Crippen LogP contribution in [0.25, 0.3) is 0 Å². The van der Waals surface area contributed by atoms with Crippen LogP contribution in [0.1, 0.15) is 42.3 Å². The molecule has 0 spiro atoms. The molecule has 3 aromatic rings. The zero-order valence-electron chi connectivity index (χ0n) is 19.3. The van der Waals surface area contributed by atoms with Crippen LogP contribution in [0.2, 0.25) is 0 Å². The van der Waals surface area contributed by atoms with Crippen molar-refractivity contribution in [3.8, 4) is 5.75 Å². The Morgan fingerprint density at radius 1 is 0.857 bits per heavy atom. The van der Waals surface area contributed by atoms with Crippen LogP contribution < -0.4 is 15.4 Å². The van der Waals surface area contributed by atoms with Crippen LogP contribution in [0.5, 0.6) is 5.75 Å². The van der Waals surface area contributed by atoms with Gasteiger partial charge < -0.3 is 15.4 Å². The van der Waals surface area contributed by atoms with Gasteiger partial charge in [0.2, 0.25) is 0 Å². The standard InChI is InChI=1S/C26H24BrF3N2O3/c1-25(2,3)17-9-12-22(21(27)14-17)35-15-23(33)31-19-10-7-16(8-11-19)24(34)32-20-6-4-5-18(13-20)26(28,29)30/h4-14H,15H2,1-3H3,(H,31,33)(H,32,34). The molecule has 0 atom stereocenters. The highest BCUT2D eigenvalue weighted by molar-refractivity contribution is 9.10. The van der Waals surface area contributed by atoms with E-state index >= 15 is 0 Å². The first kappa shape index (κ1) is 26.3. The van der Waals surface area contributed by atoms with E-state index in [0.29, 0.717) is 11.4 Å². The van der Waals surface area contributed by atoms with E-state index in [-0.39, 0.29) is 23.3 Å². The van der Waals surface area contributed by atoms with Gasteiger partial charge in [0, 0.05) is 16.9 Å². The minimum atomic E-state index is -4.50. The average molecular weight is 549 g/mol. The molecule has 184 valence electrons. The summed E-state index contributed by atoms with van der Waals surface area (Å²) in [5.74, 6) is -0.429. The molecule has 0 aromatic heterocycles. The number of rotatable bonds is 6. The number of halogens is 4. The highest BCUT2D eigenvalue weighted by atomic mass is 79.9. The molecule has 0 bridgehead atoms. The molecule has 3 rings (SSSR count). The zero-order chi connectivity index (χ0) is 25.8. The minimum absolute atomic E-state index is 0.0193. The van der Waals surface area contributed by atoms with Gasteiger partial charge in [0.15, 0.2) is 6.61 Å². The van der Waals surface area contributed by atoms with E-state index in [1.807, 2.05) is 12.1 Å². The van der Waals surface area contributed by atoms with Gasteiger partial charge in [-0.05, 0) is 81.5 Å². The molecule has 5 nitrogen and oxygen atoms in total. The van der Waals surface area contributed by atoms with Gasteiger partial charge in [0.25, 0.3) is 11.8 Å². The Labute approximate surface area is 209 Å². The van der Waals surface area contributed by atoms with Crippen molar-refractivity contribution in [1.82, 2.24) is 0 Å². The fourth-order valence-electron chi connectivity index (χ4n) is 3.11. The van der Waals surface area contributed by atoms with Crippen LogP contribution in [0.3, 0.4) is 0 Å². The van der Waals surface area contributed by atoms with Crippen LogP contribution in [0.15, 0.2) is 71.2 Å². The van der Waals surface area contributed by atoms with Gasteiger partial charge >= 0.3 is 6.18 Å². The van der Waals surface area contributed by atoms with Crippen molar-refractivity contribution >= 4 is 39.1 Å². The average Bonchev–Trinajstić information content (AvgIpc) is 2.77. The van der Waals surface area contributed by atoms with E-state index in [0.717, 1.165) is 22.2 Å². The number of hydrogen-bond acceptors (Lipinski definition) is 3. The summed E-state index contributed by atoms with van der Waals surface area (Å²) in [4.78, 5) is 24.7. The number of ether oxygens (including phenoxy) is 1. The van der Waals surface area contributed by atoms with E-state index in [2.05, 4.69) is 47.3 Å². The van der Waals surface area contributed by atoms with Crippen molar-refractivity contribution in [3.05, 3.63) is 87.9 Å². The zero-order valence-corrected chi connectivity index (χ0v) is 20.9. The van der Waals surface area contributed by atoms with Crippen molar-refractivity contribution in [2.24, 2.45) is 0 Å². The first-order chi connectivity index (χ1) is 16.3. The number of anilines is 2. The molecule has 0 aliphatic carbocycles. The lowest BCUT2D eigenvalue weighted by Gasteiger charge is -2.20.